The van der Waals surface area contributed by atoms with Crippen molar-refractivity contribution in [3.63, 3.8) is 0 Å². The number of nitrogens with zero attached hydrogens (tertiary/aromatic N) is 1. The molecule has 0 aromatic carbocycles. The Morgan fingerprint density at radius 2 is 2.32 bits per heavy atom. The Kier molecular flexibility index (Phi) is 3.53. The minimum absolute atomic E-state index is 0.0569. The standard InChI is InChI=1S/C14H20N4O/c19-14(18-11-5-6-11)16-9-7-12-4-3-10-2-1-8-15-13(10)17-12/h3-4,11H,1-2,5-9H2,(H,15,17)(H2,16,18,19). The summed E-state index contributed by atoms with van der Waals surface area (Å²) in [4.78, 5) is 16.1. The minimum Gasteiger partial charge on any atom is -0.370 e. The van der Waals surface area contributed by atoms with E-state index in [2.05, 4.69) is 33.1 Å². The molecule has 102 valence electrons. The second kappa shape index (κ2) is 5.47. The van der Waals surface area contributed by atoms with Crippen molar-refractivity contribution in [3.05, 3.63) is 23.4 Å². The molecule has 19 heavy (non-hydrogen) atoms. The van der Waals surface area contributed by atoms with Crippen molar-refractivity contribution in [2.24, 2.45) is 0 Å². The first-order valence-electron chi connectivity index (χ1n) is 7.08. The van der Waals surface area contributed by atoms with Crippen LogP contribution in [-0.2, 0) is 12.8 Å². The summed E-state index contributed by atoms with van der Waals surface area (Å²) in [5.74, 6) is 1.02. The minimum atomic E-state index is -0.0569. The molecule has 5 heteroatoms. The fourth-order valence-corrected chi connectivity index (χ4v) is 2.28. The zero-order chi connectivity index (χ0) is 13.1. The monoisotopic (exact) mass is 260 g/mol. The number of amides is 2. The van der Waals surface area contributed by atoms with Crippen LogP contribution in [0.25, 0.3) is 0 Å². The number of rotatable bonds is 4. The largest absolute Gasteiger partial charge is 0.370 e. The van der Waals surface area contributed by atoms with Gasteiger partial charge in [0.05, 0.1) is 0 Å². The van der Waals surface area contributed by atoms with Crippen LogP contribution in [0, 0.1) is 0 Å². The number of carbonyl (C=O) groups is 1. The van der Waals surface area contributed by atoms with E-state index in [0.717, 1.165) is 43.7 Å². The van der Waals surface area contributed by atoms with Crippen LogP contribution in [0.1, 0.15) is 30.5 Å². The molecule has 3 N–H and O–H groups in total. The summed E-state index contributed by atoms with van der Waals surface area (Å²) in [6, 6.07) is 4.56. The Hall–Kier alpha value is -1.78. The van der Waals surface area contributed by atoms with Gasteiger partial charge in [0.15, 0.2) is 0 Å². The average Bonchev–Trinajstić information content (AvgIpc) is 3.22. The molecule has 0 bridgehead atoms. The van der Waals surface area contributed by atoms with Gasteiger partial charge < -0.3 is 16.0 Å². The molecular formula is C14H20N4O. The Labute approximate surface area is 113 Å². The lowest BCUT2D eigenvalue weighted by atomic mass is 10.1. The van der Waals surface area contributed by atoms with E-state index in [1.807, 2.05) is 0 Å². The second-order valence-corrected chi connectivity index (χ2v) is 5.27. The van der Waals surface area contributed by atoms with Gasteiger partial charge in [0, 0.05) is 31.2 Å². The molecule has 0 spiro atoms. The Bertz CT molecular complexity index is 471. The second-order valence-electron chi connectivity index (χ2n) is 5.27. The van der Waals surface area contributed by atoms with E-state index in [-0.39, 0.29) is 6.03 Å². The molecule has 3 rings (SSSR count). The summed E-state index contributed by atoms with van der Waals surface area (Å²) in [5.41, 5.74) is 2.33. The maximum atomic E-state index is 11.5. The number of pyridine rings is 1. The number of hydrogen-bond acceptors (Lipinski definition) is 3. The van der Waals surface area contributed by atoms with Crippen molar-refractivity contribution in [2.75, 3.05) is 18.4 Å². The van der Waals surface area contributed by atoms with Crippen molar-refractivity contribution < 1.29 is 4.79 Å². The Balaban J connectivity index is 1.47. The molecule has 1 fully saturated rings. The lowest BCUT2D eigenvalue weighted by Crippen LogP contribution is -2.37. The van der Waals surface area contributed by atoms with Crippen LogP contribution in [0.3, 0.4) is 0 Å². The van der Waals surface area contributed by atoms with Crippen LogP contribution in [-0.4, -0.2) is 30.1 Å². The van der Waals surface area contributed by atoms with Crippen LogP contribution in [0.15, 0.2) is 12.1 Å². The van der Waals surface area contributed by atoms with Crippen molar-refractivity contribution in [3.8, 4) is 0 Å². The van der Waals surface area contributed by atoms with E-state index in [1.165, 1.54) is 12.0 Å². The summed E-state index contributed by atoms with van der Waals surface area (Å²) in [6.45, 7) is 1.63. The quantitative estimate of drug-likeness (QED) is 0.767. The van der Waals surface area contributed by atoms with Gasteiger partial charge in [-0.1, -0.05) is 6.07 Å². The first-order valence-corrected chi connectivity index (χ1v) is 7.08. The summed E-state index contributed by atoms with van der Waals surface area (Å²) in [6.07, 6.45) is 5.29. The molecule has 1 saturated carbocycles. The summed E-state index contributed by atoms with van der Waals surface area (Å²) < 4.78 is 0. The molecular weight excluding hydrogens is 240 g/mol. The molecule has 5 nitrogen and oxygen atoms in total. The van der Waals surface area contributed by atoms with Crippen LogP contribution in [0.4, 0.5) is 10.6 Å². The Morgan fingerprint density at radius 1 is 1.42 bits per heavy atom. The lowest BCUT2D eigenvalue weighted by Gasteiger charge is -2.17. The van der Waals surface area contributed by atoms with Crippen LogP contribution in [0.2, 0.25) is 0 Å². The van der Waals surface area contributed by atoms with Gasteiger partial charge >= 0.3 is 6.03 Å². The number of aryl methyl sites for hydroxylation is 1. The van der Waals surface area contributed by atoms with Gasteiger partial charge in [-0.2, -0.15) is 0 Å². The van der Waals surface area contributed by atoms with Gasteiger partial charge in [0.2, 0.25) is 0 Å². The third kappa shape index (κ3) is 3.36. The van der Waals surface area contributed by atoms with Crippen LogP contribution in [0.5, 0.6) is 0 Å². The zero-order valence-corrected chi connectivity index (χ0v) is 11.0. The van der Waals surface area contributed by atoms with Gasteiger partial charge in [0.1, 0.15) is 5.82 Å². The summed E-state index contributed by atoms with van der Waals surface area (Å²) in [7, 11) is 0. The van der Waals surface area contributed by atoms with Crippen LogP contribution >= 0.6 is 0 Å². The van der Waals surface area contributed by atoms with E-state index in [1.54, 1.807) is 0 Å². The van der Waals surface area contributed by atoms with Gasteiger partial charge in [-0.25, -0.2) is 9.78 Å². The fourth-order valence-electron chi connectivity index (χ4n) is 2.28. The molecule has 0 saturated heterocycles. The highest BCUT2D eigenvalue weighted by Crippen LogP contribution is 2.20. The first kappa shape index (κ1) is 12.3. The van der Waals surface area contributed by atoms with E-state index in [4.69, 9.17) is 0 Å². The fraction of sp³-hybridized carbons (Fsp3) is 0.571. The van der Waals surface area contributed by atoms with E-state index >= 15 is 0 Å². The van der Waals surface area contributed by atoms with Gasteiger partial charge in [-0.3, -0.25) is 0 Å². The number of hydrogen-bond donors (Lipinski definition) is 3. The SMILES string of the molecule is O=C(NCCc1ccc2c(n1)NCCC2)NC1CC1. The predicted molar refractivity (Wildman–Crippen MR) is 74.3 cm³/mol. The van der Waals surface area contributed by atoms with Gasteiger partial charge in [-0.05, 0) is 37.3 Å². The van der Waals surface area contributed by atoms with E-state index in [0.29, 0.717) is 12.6 Å². The first-order chi connectivity index (χ1) is 9.31. The molecule has 2 heterocycles. The normalized spacial score (nSPS) is 17.3. The van der Waals surface area contributed by atoms with Crippen LogP contribution < -0.4 is 16.0 Å². The highest BCUT2D eigenvalue weighted by atomic mass is 16.2. The summed E-state index contributed by atoms with van der Waals surface area (Å²) in [5, 5.41) is 9.11. The average molecular weight is 260 g/mol. The topological polar surface area (TPSA) is 66.0 Å². The maximum absolute atomic E-state index is 11.5. The maximum Gasteiger partial charge on any atom is 0.315 e. The number of aromatic nitrogens is 1. The molecule has 0 unspecified atom stereocenters. The molecule has 1 aromatic heterocycles. The molecule has 0 radical (unpaired) electrons. The molecule has 2 aliphatic rings. The number of carbonyl (C=O) groups excluding carboxylic acids is 1. The van der Waals surface area contributed by atoms with E-state index < -0.39 is 0 Å². The lowest BCUT2D eigenvalue weighted by molar-refractivity contribution is 0.240. The third-order valence-electron chi connectivity index (χ3n) is 3.53. The van der Waals surface area contributed by atoms with Crippen molar-refractivity contribution in [2.45, 2.75) is 38.1 Å². The number of nitrogens with one attached hydrogen (secondary N) is 3. The van der Waals surface area contributed by atoms with Gasteiger partial charge in [-0.15, -0.1) is 0 Å². The van der Waals surface area contributed by atoms with Crippen molar-refractivity contribution >= 4 is 11.8 Å². The molecule has 1 aliphatic heterocycles. The zero-order valence-electron chi connectivity index (χ0n) is 11.0. The summed E-state index contributed by atoms with van der Waals surface area (Å²) >= 11 is 0. The molecule has 1 aromatic rings. The van der Waals surface area contributed by atoms with Gasteiger partial charge in [0.25, 0.3) is 0 Å². The smallest absolute Gasteiger partial charge is 0.315 e. The third-order valence-corrected chi connectivity index (χ3v) is 3.53. The highest BCUT2D eigenvalue weighted by Gasteiger charge is 2.22. The Morgan fingerprint density at radius 3 is 3.16 bits per heavy atom. The number of urea groups is 1. The molecule has 2 amide bonds. The molecule has 0 atom stereocenters. The van der Waals surface area contributed by atoms with Crippen molar-refractivity contribution in [1.29, 1.82) is 0 Å². The molecule has 1 aliphatic carbocycles. The number of fused-ring (bicyclic) bond motifs is 1. The highest BCUT2D eigenvalue weighted by molar-refractivity contribution is 5.74. The van der Waals surface area contributed by atoms with Crippen molar-refractivity contribution in [1.82, 2.24) is 15.6 Å². The number of anilines is 1. The predicted octanol–water partition coefficient (Wildman–Crippen LogP) is 1.44. The van der Waals surface area contributed by atoms with E-state index in [9.17, 15) is 4.79 Å².